The number of benzene rings is 2. The molecule has 0 saturated heterocycles. The second-order valence-electron chi connectivity index (χ2n) is 6.15. The molecule has 0 N–H and O–H groups in total. The summed E-state index contributed by atoms with van der Waals surface area (Å²) in [6, 6.07) is 17.0. The zero-order valence-corrected chi connectivity index (χ0v) is 16.1. The second-order valence-corrected chi connectivity index (χ2v) is 7.09. The van der Waals surface area contributed by atoms with Gasteiger partial charge in [-0.05, 0) is 24.1 Å². The van der Waals surface area contributed by atoms with Crippen molar-refractivity contribution < 1.29 is 9.53 Å². The highest BCUT2D eigenvalue weighted by Gasteiger charge is 2.14. The lowest BCUT2D eigenvalue weighted by atomic mass is 10.2. The highest BCUT2D eigenvalue weighted by Crippen LogP contribution is 2.19. The van der Waals surface area contributed by atoms with Gasteiger partial charge in [-0.25, -0.2) is 4.98 Å². The first-order valence-corrected chi connectivity index (χ1v) is 9.99. The third-order valence-electron chi connectivity index (χ3n) is 4.09. The van der Waals surface area contributed by atoms with E-state index in [0.717, 1.165) is 18.4 Å². The highest BCUT2D eigenvalue weighted by molar-refractivity contribution is 7.99. The molecule has 0 unspecified atom stereocenters. The van der Waals surface area contributed by atoms with Crippen molar-refractivity contribution >= 4 is 28.6 Å². The number of hydrogen-bond acceptors (Lipinski definition) is 5. The Kier molecular flexibility index (Phi) is 6.65. The minimum Gasteiger partial charge on any atom is -0.465 e. The van der Waals surface area contributed by atoms with Crippen LogP contribution in [-0.4, -0.2) is 27.9 Å². The normalized spacial score (nSPS) is 10.9. The largest absolute Gasteiger partial charge is 0.465 e. The average Bonchev–Trinajstić information content (AvgIpc) is 2.70. The van der Waals surface area contributed by atoms with Crippen LogP contribution in [0.4, 0.5) is 0 Å². The van der Waals surface area contributed by atoms with Crippen molar-refractivity contribution in [1.82, 2.24) is 9.55 Å². The summed E-state index contributed by atoms with van der Waals surface area (Å²) in [5.41, 5.74) is 1.53. The SMILES string of the molecule is CCCCOC(=O)CSc1nc2ccccc2c(=O)n1Cc1ccccc1. The third-order valence-corrected chi connectivity index (χ3v) is 5.04. The number of carbonyl (C=O) groups is 1. The van der Waals surface area contributed by atoms with Gasteiger partial charge in [-0.1, -0.05) is 67.6 Å². The summed E-state index contributed by atoms with van der Waals surface area (Å²) in [6.07, 6.45) is 1.83. The molecule has 0 fully saturated rings. The van der Waals surface area contributed by atoms with Gasteiger partial charge in [0.2, 0.25) is 0 Å². The zero-order valence-electron chi connectivity index (χ0n) is 15.3. The molecule has 1 heterocycles. The molecule has 6 heteroatoms. The number of esters is 1. The van der Waals surface area contributed by atoms with Gasteiger partial charge in [0.1, 0.15) is 0 Å². The molecular formula is C21H22N2O3S. The van der Waals surface area contributed by atoms with Gasteiger partial charge in [-0.2, -0.15) is 0 Å². The predicted molar refractivity (Wildman–Crippen MR) is 108 cm³/mol. The summed E-state index contributed by atoms with van der Waals surface area (Å²) < 4.78 is 6.83. The van der Waals surface area contributed by atoms with E-state index >= 15 is 0 Å². The predicted octanol–water partition coefficient (Wildman–Crippen LogP) is 3.88. The van der Waals surface area contributed by atoms with Crippen LogP contribution in [0.3, 0.4) is 0 Å². The Bertz CT molecular complexity index is 970. The molecule has 0 bridgehead atoms. The number of ether oxygens (including phenoxy) is 1. The lowest BCUT2D eigenvalue weighted by Gasteiger charge is -2.13. The molecule has 0 aliphatic heterocycles. The number of unbranched alkanes of at least 4 members (excludes halogenated alkanes) is 1. The van der Waals surface area contributed by atoms with Gasteiger partial charge in [0.15, 0.2) is 5.16 Å². The molecule has 27 heavy (non-hydrogen) atoms. The summed E-state index contributed by atoms with van der Waals surface area (Å²) in [5, 5.41) is 1.10. The number of carbonyl (C=O) groups excluding carboxylic acids is 1. The minimum atomic E-state index is -0.290. The van der Waals surface area contributed by atoms with E-state index in [1.807, 2.05) is 55.5 Å². The number of rotatable bonds is 8. The molecule has 0 aliphatic rings. The van der Waals surface area contributed by atoms with E-state index in [1.165, 1.54) is 11.8 Å². The smallest absolute Gasteiger partial charge is 0.316 e. The molecule has 0 spiro atoms. The molecule has 5 nitrogen and oxygen atoms in total. The molecule has 3 aromatic rings. The molecule has 140 valence electrons. The van der Waals surface area contributed by atoms with Crippen molar-refractivity contribution in [3.05, 3.63) is 70.5 Å². The maximum atomic E-state index is 13.0. The van der Waals surface area contributed by atoms with Gasteiger partial charge >= 0.3 is 5.97 Å². The molecule has 3 rings (SSSR count). The van der Waals surface area contributed by atoms with Crippen molar-refractivity contribution in [2.24, 2.45) is 0 Å². The summed E-state index contributed by atoms with van der Waals surface area (Å²) in [7, 11) is 0. The fourth-order valence-corrected chi connectivity index (χ4v) is 3.46. The summed E-state index contributed by atoms with van der Waals surface area (Å²) >= 11 is 1.24. The van der Waals surface area contributed by atoms with Crippen LogP contribution >= 0.6 is 11.8 Å². The summed E-state index contributed by atoms with van der Waals surface area (Å²) in [6.45, 7) is 2.88. The number of aromatic nitrogens is 2. The lowest BCUT2D eigenvalue weighted by Crippen LogP contribution is -2.24. The van der Waals surface area contributed by atoms with Gasteiger partial charge in [0.05, 0.1) is 29.8 Å². The van der Waals surface area contributed by atoms with Crippen LogP contribution < -0.4 is 5.56 Å². The van der Waals surface area contributed by atoms with Crippen molar-refractivity contribution in [3.8, 4) is 0 Å². The highest BCUT2D eigenvalue weighted by atomic mass is 32.2. The molecule has 0 atom stereocenters. The first-order valence-electron chi connectivity index (χ1n) is 9.01. The first-order chi connectivity index (χ1) is 13.2. The van der Waals surface area contributed by atoms with Crippen LogP contribution in [0.2, 0.25) is 0 Å². The van der Waals surface area contributed by atoms with E-state index in [4.69, 9.17) is 4.74 Å². The molecule has 0 radical (unpaired) electrons. The molecular weight excluding hydrogens is 360 g/mol. The van der Waals surface area contributed by atoms with E-state index in [0.29, 0.717) is 29.2 Å². The Balaban J connectivity index is 1.88. The van der Waals surface area contributed by atoms with Crippen LogP contribution in [0.1, 0.15) is 25.3 Å². The Morgan fingerprint density at radius 3 is 2.63 bits per heavy atom. The van der Waals surface area contributed by atoms with E-state index in [-0.39, 0.29) is 17.3 Å². The summed E-state index contributed by atoms with van der Waals surface area (Å²) in [4.78, 5) is 29.6. The van der Waals surface area contributed by atoms with Gasteiger partial charge in [-0.15, -0.1) is 0 Å². The van der Waals surface area contributed by atoms with E-state index < -0.39 is 0 Å². The molecule has 0 amide bonds. The van der Waals surface area contributed by atoms with Crippen LogP contribution in [-0.2, 0) is 16.1 Å². The van der Waals surface area contributed by atoms with Crippen LogP contribution in [0, 0.1) is 0 Å². The standard InChI is InChI=1S/C21H22N2O3S/c1-2-3-13-26-19(24)15-27-21-22-18-12-8-7-11-17(18)20(25)23(21)14-16-9-5-4-6-10-16/h4-12H,2-3,13-15H2,1H3. The van der Waals surface area contributed by atoms with Gasteiger partial charge in [0, 0.05) is 0 Å². The topological polar surface area (TPSA) is 61.2 Å². The van der Waals surface area contributed by atoms with Crippen molar-refractivity contribution in [2.45, 2.75) is 31.5 Å². The molecule has 1 aromatic heterocycles. The number of nitrogens with zero attached hydrogens (tertiary/aromatic N) is 2. The third kappa shape index (κ3) is 4.98. The van der Waals surface area contributed by atoms with Gasteiger partial charge < -0.3 is 4.74 Å². The molecule has 0 saturated carbocycles. The Labute approximate surface area is 162 Å². The maximum absolute atomic E-state index is 13.0. The Morgan fingerprint density at radius 1 is 1.11 bits per heavy atom. The van der Waals surface area contributed by atoms with Gasteiger partial charge in [0.25, 0.3) is 5.56 Å². The zero-order chi connectivity index (χ0) is 19.1. The Hall–Kier alpha value is -2.60. The second kappa shape index (κ2) is 9.37. The average molecular weight is 382 g/mol. The fraction of sp³-hybridized carbons (Fsp3) is 0.286. The number of thioether (sulfide) groups is 1. The maximum Gasteiger partial charge on any atom is 0.316 e. The van der Waals surface area contributed by atoms with Crippen LogP contribution in [0.5, 0.6) is 0 Å². The van der Waals surface area contributed by atoms with Gasteiger partial charge in [-0.3, -0.25) is 14.2 Å². The number of para-hydroxylation sites is 1. The van der Waals surface area contributed by atoms with Crippen LogP contribution in [0.15, 0.2) is 64.5 Å². The summed E-state index contributed by atoms with van der Waals surface area (Å²) in [5.74, 6) is -0.161. The fourth-order valence-electron chi connectivity index (χ4n) is 2.66. The minimum absolute atomic E-state index is 0.105. The first kappa shape index (κ1) is 19.2. The van der Waals surface area contributed by atoms with E-state index in [9.17, 15) is 9.59 Å². The quantitative estimate of drug-likeness (QED) is 0.256. The molecule has 0 aliphatic carbocycles. The van der Waals surface area contributed by atoms with Crippen molar-refractivity contribution in [1.29, 1.82) is 0 Å². The van der Waals surface area contributed by atoms with E-state index in [1.54, 1.807) is 10.6 Å². The Morgan fingerprint density at radius 2 is 1.85 bits per heavy atom. The van der Waals surface area contributed by atoms with Crippen molar-refractivity contribution in [3.63, 3.8) is 0 Å². The number of hydrogen-bond donors (Lipinski definition) is 0. The van der Waals surface area contributed by atoms with Crippen molar-refractivity contribution in [2.75, 3.05) is 12.4 Å². The monoisotopic (exact) mass is 382 g/mol. The lowest BCUT2D eigenvalue weighted by molar-refractivity contribution is -0.140. The number of fused-ring (bicyclic) bond motifs is 1. The van der Waals surface area contributed by atoms with E-state index in [2.05, 4.69) is 4.98 Å². The van der Waals surface area contributed by atoms with Crippen LogP contribution in [0.25, 0.3) is 10.9 Å². The molecule has 2 aromatic carbocycles.